The molecule has 10 nitrogen and oxygen atoms in total. The Balaban J connectivity index is 1.67. The number of allylic oxidation sites excluding steroid dienone is 1. The van der Waals surface area contributed by atoms with Gasteiger partial charge >= 0.3 is 0 Å². The first-order valence-corrected chi connectivity index (χ1v) is 12.4. The van der Waals surface area contributed by atoms with Gasteiger partial charge in [0.15, 0.2) is 5.82 Å². The average molecular weight is 494 g/mol. The monoisotopic (exact) mass is 493 g/mol. The standard InChI is InChI=1S/C26H35N7O3/c1-6-12-32-13-10-18(11-14-32)33-20(7-2)25(35)31(4)21-16-28-26(30-23(21)33)29-19-9-8-17(24(34)27-3)15-22(19)36-5/h6,8-9,12,15-16,18,20H,7,10-11,13-14H2,1-5H3,(H,27,34)(H,28,29,30)/t20-/m1/s1. The van der Waals surface area contributed by atoms with Crippen molar-refractivity contribution in [2.24, 2.45) is 0 Å². The SMILES string of the molecule is CC=CN1CCC(N2c3nc(Nc4ccc(C(=O)NC)cc4OC)ncc3N(C)C(=O)[C@H]2CC)CC1. The zero-order valence-electron chi connectivity index (χ0n) is 21.6. The van der Waals surface area contributed by atoms with Crippen molar-refractivity contribution in [2.75, 3.05) is 49.4 Å². The zero-order chi connectivity index (χ0) is 25.8. The molecule has 0 saturated carbocycles. The number of rotatable bonds is 7. The van der Waals surface area contributed by atoms with Gasteiger partial charge < -0.3 is 30.1 Å². The van der Waals surface area contributed by atoms with Gasteiger partial charge in [0.05, 0.1) is 19.0 Å². The highest BCUT2D eigenvalue weighted by Crippen LogP contribution is 2.39. The molecule has 4 rings (SSSR count). The van der Waals surface area contributed by atoms with Crippen molar-refractivity contribution >= 4 is 35.0 Å². The molecular formula is C26H35N7O3. The van der Waals surface area contributed by atoms with Gasteiger partial charge in [-0.2, -0.15) is 4.98 Å². The minimum absolute atomic E-state index is 0.0663. The Bertz CT molecular complexity index is 1140. The predicted molar refractivity (Wildman–Crippen MR) is 141 cm³/mol. The maximum absolute atomic E-state index is 13.3. The van der Waals surface area contributed by atoms with Gasteiger partial charge in [-0.1, -0.05) is 13.0 Å². The molecule has 2 aliphatic heterocycles. The molecule has 1 aromatic carbocycles. The van der Waals surface area contributed by atoms with Crippen LogP contribution in [0.15, 0.2) is 36.7 Å². The van der Waals surface area contributed by atoms with Crippen LogP contribution in [0.1, 0.15) is 43.5 Å². The first-order valence-electron chi connectivity index (χ1n) is 12.4. The van der Waals surface area contributed by atoms with Gasteiger partial charge in [0.25, 0.3) is 5.91 Å². The van der Waals surface area contributed by atoms with Crippen molar-refractivity contribution in [3.63, 3.8) is 0 Å². The Morgan fingerprint density at radius 2 is 2.03 bits per heavy atom. The smallest absolute Gasteiger partial charge is 0.251 e. The Morgan fingerprint density at radius 1 is 1.28 bits per heavy atom. The third-order valence-electron chi connectivity index (χ3n) is 6.88. The lowest BCUT2D eigenvalue weighted by atomic mass is 9.97. The molecule has 2 aromatic rings. The molecule has 0 bridgehead atoms. The van der Waals surface area contributed by atoms with E-state index in [1.165, 1.54) is 0 Å². The van der Waals surface area contributed by atoms with Crippen LogP contribution >= 0.6 is 0 Å². The van der Waals surface area contributed by atoms with E-state index in [9.17, 15) is 9.59 Å². The zero-order valence-corrected chi connectivity index (χ0v) is 21.6. The molecule has 36 heavy (non-hydrogen) atoms. The van der Waals surface area contributed by atoms with E-state index in [0.717, 1.165) is 31.7 Å². The number of methoxy groups -OCH3 is 1. The second-order valence-electron chi connectivity index (χ2n) is 9.00. The largest absolute Gasteiger partial charge is 0.495 e. The summed E-state index contributed by atoms with van der Waals surface area (Å²) in [4.78, 5) is 40.9. The molecule has 2 N–H and O–H groups in total. The van der Waals surface area contributed by atoms with Crippen LogP contribution in [-0.2, 0) is 4.79 Å². The van der Waals surface area contributed by atoms with Crippen molar-refractivity contribution in [1.82, 2.24) is 20.2 Å². The van der Waals surface area contributed by atoms with Gasteiger partial charge in [-0.15, -0.1) is 0 Å². The Morgan fingerprint density at radius 3 is 2.67 bits per heavy atom. The molecule has 2 amide bonds. The Labute approximate surface area is 212 Å². The third-order valence-corrected chi connectivity index (χ3v) is 6.88. The number of amides is 2. The fraction of sp³-hybridized carbons (Fsp3) is 0.462. The fourth-order valence-electron chi connectivity index (χ4n) is 4.99. The molecule has 1 saturated heterocycles. The van der Waals surface area contributed by atoms with Crippen LogP contribution in [0, 0.1) is 0 Å². The molecule has 1 fully saturated rings. The van der Waals surface area contributed by atoms with Gasteiger partial charge in [0.2, 0.25) is 11.9 Å². The molecule has 3 heterocycles. The van der Waals surface area contributed by atoms with Crippen molar-refractivity contribution < 1.29 is 14.3 Å². The summed E-state index contributed by atoms with van der Waals surface area (Å²) in [5.41, 5.74) is 1.84. The van der Waals surface area contributed by atoms with Crippen LogP contribution in [0.3, 0.4) is 0 Å². The summed E-state index contributed by atoms with van der Waals surface area (Å²) >= 11 is 0. The van der Waals surface area contributed by atoms with E-state index in [4.69, 9.17) is 9.72 Å². The number of piperidine rings is 1. The van der Waals surface area contributed by atoms with Crippen LogP contribution in [0.4, 0.5) is 23.1 Å². The van der Waals surface area contributed by atoms with Crippen molar-refractivity contribution in [3.8, 4) is 5.75 Å². The summed E-state index contributed by atoms with van der Waals surface area (Å²) in [6, 6.07) is 5.09. The van der Waals surface area contributed by atoms with Gasteiger partial charge in [-0.25, -0.2) is 4.98 Å². The number of nitrogens with zero attached hydrogens (tertiary/aromatic N) is 5. The van der Waals surface area contributed by atoms with Crippen LogP contribution in [-0.4, -0.2) is 73.1 Å². The first kappa shape index (κ1) is 25.3. The highest BCUT2D eigenvalue weighted by molar-refractivity contribution is 6.04. The minimum Gasteiger partial charge on any atom is -0.495 e. The number of hydrogen-bond acceptors (Lipinski definition) is 8. The summed E-state index contributed by atoms with van der Waals surface area (Å²) < 4.78 is 5.51. The number of nitrogens with one attached hydrogen (secondary N) is 2. The number of fused-ring (bicyclic) bond motifs is 1. The lowest BCUT2D eigenvalue weighted by Gasteiger charge is -2.46. The number of anilines is 4. The number of likely N-dealkylation sites (N-methyl/N-ethyl adjacent to an activating group) is 1. The lowest BCUT2D eigenvalue weighted by molar-refractivity contribution is -0.120. The van der Waals surface area contributed by atoms with E-state index in [0.29, 0.717) is 35.1 Å². The number of carbonyl (C=O) groups excluding carboxylic acids is 2. The van der Waals surface area contributed by atoms with E-state index in [2.05, 4.69) is 37.7 Å². The molecule has 1 atom stereocenters. The number of likely N-dealkylation sites (tertiary alicyclic amines) is 1. The second-order valence-corrected chi connectivity index (χ2v) is 9.00. The quantitative estimate of drug-likeness (QED) is 0.607. The third kappa shape index (κ3) is 4.80. The van der Waals surface area contributed by atoms with Gasteiger partial charge in [-0.3, -0.25) is 9.59 Å². The predicted octanol–water partition coefficient (Wildman–Crippen LogP) is 3.15. The van der Waals surface area contributed by atoms with Gasteiger partial charge in [0, 0.05) is 38.8 Å². The highest BCUT2D eigenvalue weighted by Gasteiger charge is 2.41. The lowest BCUT2D eigenvalue weighted by Crippen LogP contribution is -2.58. The topological polar surface area (TPSA) is 103 Å². The first-order chi connectivity index (χ1) is 17.4. The van der Waals surface area contributed by atoms with Crippen LogP contribution in [0.25, 0.3) is 0 Å². The molecule has 10 heteroatoms. The molecule has 0 aliphatic carbocycles. The summed E-state index contributed by atoms with van der Waals surface area (Å²) in [5.74, 6) is 1.53. The van der Waals surface area contributed by atoms with Crippen LogP contribution < -0.4 is 25.2 Å². The fourth-order valence-corrected chi connectivity index (χ4v) is 4.99. The van der Waals surface area contributed by atoms with Gasteiger partial charge in [0.1, 0.15) is 17.5 Å². The minimum atomic E-state index is -0.273. The summed E-state index contributed by atoms with van der Waals surface area (Å²) in [5, 5.41) is 5.85. The average Bonchev–Trinajstić information content (AvgIpc) is 2.91. The number of carbonyl (C=O) groups is 2. The summed E-state index contributed by atoms with van der Waals surface area (Å²) in [6.07, 6.45) is 8.47. The molecule has 0 unspecified atom stereocenters. The molecule has 192 valence electrons. The van der Waals surface area contributed by atoms with Crippen molar-refractivity contribution in [1.29, 1.82) is 0 Å². The van der Waals surface area contributed by atoms with Crippen LogP contribution in [0.2, 0.25) is 0 Å². The summed E-state index contributed by atoms with van der Waals surface area (Å²) in [6.45, 7) is 5.95. The van der Waals surface area contributed by atoms with E-state index < -0.39 is 0 Å². The number of ether oxygens (including phenoxy) is 1. The van der Waals surface area contributed by atoms with E-state index in [1.54, 1.807) is 50.5 Å². The molecule has 1 aromatic heterocycles. The second kappa shape index (κ2) is 10.8. The number of aromatic nitrogens is 2. The van der Waals surface area contributed by atoms with E-state index in [-0.39, 0.29) is 23.9 Å². The van der Waals surface area contributed by atoms with E-state index in [1.807, 2.05) is 13.8 Å². The molecule has 0 radical (unpaired) electrons. The Kier molecular flexibility index (Phi) is 7.61. The number of benzene rings is 1. The van der Waals surface area contributed by atoms with Crippen molar-refractivity contribution in [3.05, 3.63) is 42.2 Å². The molecule has 0 spiro atoms. The van der Waals surface area contributed by atoms with Crippen LogP contribution in [0.5, 0.6) is 5.75 Å². The normalized spacial score (nSPS) is 18.4. The maximum Gasteiger partial charge on any atom is 0.251 e. The molecular weight excluding hydrogens is 458 g/mol. The highest BCUT2D eigenvalue weighted by atomic mass is 16.5. The summed E-state index contributed by atoms with van der Waals surface area (Å²) in [7, 11) is 4.92. The van der Waals surface area contributed by atoms with Crippen molar-refractivity contribution in [2.45, 2.75) is 45.2 Å². The van der Waals surface area contributed by atoms with Gasteiger partial charge in [-0.05, 0) is 50.6 Å². The van der Waals surface area contributed by atoms with E-state index >= 15 is 0 Å². The molecule has 2 aliphatic rings. The Hall–Kier alpha value is -3.82. The number of hydrogen-bond donors (Lipinski definition) is 2. The maximum atomic E-state index is 13.3.